The minimum absolute atomic E-state index is 0.232. The summed E-state index contributed by atoms with van der Waals surface area (Å²) in [6.45, 7) is 2.86. The maximum absolute atomic E-state index is 13.8. The normalized spacial score (nSPS) is 14.2. The Kier molecular flexibility index (Phi) is 6.12. The molecule has 1 aliphatic rings. The Bertz CT molecular complexity index is 1070. The van der Waals surface area contributed by atoms with Crippen molar-refractivity contribution >= 4 is 17.6 Å². The molecule has 31 heavy (non-hydrogen) atoms. The molecule has 0 saturated carbocycles. The van der Waals surface area contributed by atoms with E-state index < -0.39 is 5.82 Å². The average Bonchev–Trinajstić information content (AvgIpc) is 3.22. The van der Waals surface area contributed by atoms with Crippen molar-refractivity contribution in [2.75, 3.05) is 58.5 Å². The van der Waals surface area contributed by atoms with E-state index in [1.165, 1.54) is 13.2 Å². The van der Waals surface area contributed by atoms with Gasteiger partial charge in [-0.3, -0.25) is 0 Å². The van der Waals surface area contributed by atoms with Crippen LogP contribution in [0.2, 0.25) is 0 Å². The van der Waals surface area contributed by atoms with E-state index in [1.54, 1.807) is 28.9 Å². The summed E-state index contributed by atoms with van der Waals surface area (Å²) < 4.78 is 30.8. The number of pyridine rings is 1. The van der Waals surface area contributed by atoms with Crippen molar-refractivity contribution in [3.8, 4) is 17.0 Å². The smallest absolute Gasteiger partial charge is 0.409 e. The van der Waals surface area contributed by atoms with E-state index in [0.29, 0.717) is 55.4 Å². The van der Waals surface area contributed by atoms with E-state index in [1.807, 2.05) is 6.07 Å². The molecule has 0 bridgehead atoms. The first kappa shape index (κ1) is 20.8. The van der Waals surface area contributed by atoms with Gasteiger partial charge in [-0.15, -0.1) is 0 Å². The second kappa shape index (κ2) is 9.13. The topological polar surface area (TPSA) is 94.3 Å². The number of carbonyl (C=O) groups excluding carboxylic acids is 1. The number of anilines is 1. The van der Waals surface area contributed by atoms with Crippen LogP contribution >= 0.6 is 0 Å². The molecule has 0 N–H and O–H groups in total. The third-order valence-corrected chi connectivity index (χ3v) is 5.03. The third-order valence-electron chi connectivity index (χ3n) is 5.03. The summed E-state index contributed by atoms with van der Waals surface area (Å²) in [4.78, 5) is 24.6. The number of fused-ring (bicyclic) bond motifs is 1. The molecule has 0 radical (unpaired) electrons. The van der Waals surface area contributed by atoms with Crippen LogP contribution in [0, 0.1) is 5.82 Å². The highest BCUT2D eigenvalue weighted by molar-refractivity contribution is 5.80. The molecule has 4 rings (SSSR count). The number of amides is 1. The zero-order valence-electron chi connectivity index (χ0n) is 17.3. The quantitative estimate of drug-likeness (QED) is 0.547. The van der Waals surface area contributed by atoms with Gasteiger partial charge in [0.05, 0.1) is 37.2 Å². The van der Waals surface area contributed by atoms with Crippen LogP contribution in [0.15, 0.2) is 30.7 Å². The molecule has 10 nitrogen and oxygen atoms in total. The van der Waals surface area contributed by atoms with Gasteiger partial charge in [-0.2, -0.15) is 5.10 Å². The van der Waals surface area contributed by atoms with Gasteiger partial charge in [0.25, 0.3) is 0 Å². The lowest BCUT2D eigenvalue weighted by atomic mass is 10.1. The Morgan fingerprint density at radius 2 is 1.94 bits per heavy atom. The third kappa shape index (κ3) is 4.36. The Balaban J connectivity index is 1.53. The standard InChI is InChI=1S/C20H23FN6O4/c1-29-9-10-31-20(28)26-7-5-25(6-8-26)17-3-4-27-18(24-17)16(13-23-27)15-11-14(21)12-22-19(15)30-2/h3-4,11-13H,5-10H2,1-2H3. The van der Waals surface area contributed by atoms with Gasteiger partial charge in [0.15, 0.2) is 5.65 Å². The number of aromatic nitrogens is 4. The molecule has 164 valence electrons. The predicted molar refractivity (Wildman–Crippen MR) is 110 cm³/mol. The Morgan fingerprint density at radius 3 is 2.68 bits per heavy atom. The lowest BCUT2D eigenvalue weighted by Gasteiger charge is -2.34. The summed E-state index contributed by atoms with van der Waals surface area (Å²) >= 11 is 0. The lowest BCUT2D eigenvalue weighted by molar-refractivity contribution is 0.0705. The van der Waals surface area contributed by atoms with Gasteiger partial charge < -0.3 is 24.0 Å². The van der Waals surface area contributed by atoms with Gasteiger partial charge in [-0.25, -0.2) is 23.7 Å². The van der Waals surface area contributed by atoms with Crippen LogP contribution < -0.4 is 9.64 Å². The van der Waals surface area contributed by atoms with Gasteiger partial charge in [0.2, 0.25) is 5.88 Å². The number of methoxy groups -OCH3 is 2. The fourth-order valence-corrected chi connectivity index (χ4v) is 3.43. The summed E-state index contributed by atoms with van der Waals surface area (Å²) in [5.41, 5.74) is 1.65. The van der Waals surface area contributed by atoms with Gasteiger partial charge >= 0.3 is 6.09 Å². The molecular weight excluding hydrogens is 407 g/mol. The number of hydrogen-bond donors (Lipinski definition) is 0. The van der Waals surface area contributed by atoms with Crippen LogP contribution in [0.3, 0.4) is 0 Å². The molecule has 0 spiro atoms. The number of carbonyl (C=O) groups is 1. The molecule has 0 unspecified atom stereocenters. The maximum Gasteiger partial charge on any atom is 0.409 e. The van der Waals surface area contributed by atoms with Crippen molar-refractivity contribution in [3.05, 3.63) is 36.5 Å². The average molecular weight is 430 g/mol. The molecule has 3 aromatic heterocycles. The highest BCUT2D eigenvalue weighted by Crippen LogP contribution is 2.31. The molecule has 3 aromatic rings. The number of halogens is 1. The molecule has 1 aliphatic heterocycles. The molecule has 1 amide bonds. The predicted octanol–water partition coefficient (Wildman–Crippen LogP) is 1.84. The van der Waals surface area contributed by atoms with Crippen molar-refractivity contribution < 1.29 is 23.4 Å². The Hall–Kier alpha value is -3.47. The first-order valence-electron chi connectivity index (χ1n) is 9.80. The minimum Gasteiger partial charge on any atom is -0.481 e. The van der Waals surface area contributed by atoms with Gasteiger partial charge in [-0.1, -0.05) is 0 Å². The van der Waals surface area contributed by atoms with Crippen LogP contribution in [0.25, 0.3) is 16.8 Å². The van der Waals surface area contributed by atoms with E-state index in [9.17, 15) is 9.18 Å². The Morgan fingerprint density at radius 1 is 1.13 bits per heavy atom. The summed E-state index contributed by atoms with van der Waals surface area (Å²) in [5, 5.41) is 4.31. The fraction of sp³-hybridized carbons (Fsp3) is 0.400. The monoisotopic (exact) mass is 430 g/mol. The van der Waals surface area contributed by atoms with E-state index >= 15 is 0 Å². The Labute approximate surface area is 178 Å². The zero-order chi connectivity index (χ0) is 21.8. The first-order valence-corrected chi connectivity index (χ1v) is 9.80. The molecular formula is C20H23FN6O4. The molecule has 0 atom stereocenters. The summed E-state index contributed by atoms with van der Waals surface area (Å²) in [7, 11) is 3.04. The molecule has 1 fully saturated rings. The van der Waals surface area contributed by atoms with Gasteiger partial charge in [0, 0.05) is 39.5 Å². The SMILES string of the molecule is COCCOC(=O)N1CCN(c2ccn3ncc(-c4cc(F)cnc4OC)c3n2)CC1. The highest BCUT2D eigenvalue weighted by atomic mass is 19.1. The minimum atomic E-state index is -0.472. The number of rotatable bonds is 6. The fourth-order valence-electron chi connectivity index (χ4n) is 3.43. The second-order valence-corrected chi connectivity index (χ2v) is 6.90. The van der Waals surface area contributed by atoms with Crippen molar-refractivity contribution in [1.29, 1.82) is 0 Å². The van der Waals surface area contributed by atoms with Crippen molar-refractivity contribution in [3.63, 3.8) is 0 Å². The summed E-state index contributed by atoms with van der Waals surface area (Å²) in [6, 6.07) is 3.21. The molecule has 4 heterocycles. The van der Waals surface area contributed by atoms with E-state index in [2.05, 4.69) is 15.0 Å². The van der Waals surface area contributed by atoms with Crippen LogP contribution in [0.4, 0.5) is 15.0 Å². The summed E-state index contributed by atoms with van der Waals surface area (Å²) in [5.74, 6) is 0.564. The summed E-state index contributed by atoms with van der Waals surface area (Å²) in [6.07, 6.45) is 4.17. The van der Waals surface area contributed by atoms with Crippen molar-refractivity contribution in [1.82, 2.24) is 24.5 Å². The first-order chi connectivity index (χ1) is 15.1. The largest absolute Gasteiger partial charge is 0.481 e. The van der Waals surface area contributed by atoms with Crippen LogP contribution in [0.5, 0.6) is 5.88 Å². The van der Waals surface area contributed by atoms with E-state index in [4.69, 9.17) is 19.2 Å². The highest BCUT2D eigenvalue weighted by Gasteiger charge is 2.24. The van der Waals surface area contributed by atoms with E-state index in [0.717, 1.165) is 12.0 Å². The zero-order valence-corrected chi connectivity index (χ0v) is 17.3. The maximum atomic E-state index is 13.8. The van der Waals surface area contributed by atoms with Crippen LogP contribution in [-0.4, -0.2) is 84.2 Å². The van der Waals surface area contributed by atoms with Crippen LogP contribution in [0.1, 0.15) is 0 Å². The number of nitrogens with zero attached hydrogens (tertiary/aromatic N) is 6. The number of ether oxygens (including phenoxy) is 3. The van der Waals surface area contributed by atoms with Crippen molar-refractivity contribution in [2.45, 2.75) is 0 Å². The van der Waals surface area contributed by atoms with Crippen molar-refractivity contribution in [2.24, 2.45) is 0 Å². The van der Waals surface area contributed by atoms with E-state index in [-0.39, 0.29) is 12.7 Å². The molecule has 11 heteroatoms. The number of hydrogen-bond acceptors (Lipinski definition) is 8. The lowest BCUT2D eigenvalue weighted by Crippen LogP contribution is -2.49. The molecule has 1 saturated heterocycles. The molecule has 0 aliphatic carbocycles. The van der Waals surface area contributed by atoms with Gasteiger partial charge in [-0.05, 0) is 12.1 Å². The van der Waals surface area contributed by atoms with Gasteiger partial charge in [0.1, 0.15) is 18.2 Å². The number of piperazine rings is 1. The second-order valence-electron chi connectivity index (χ2n) is 6.90. The molecule has 0 aromatic carbocycles. The van der Waals surface area contributed by atoms with Crippen LogP contribution in [-0.2, 0) is 9.47 Å².